The Kier molecular flexibility index (Phi) is 4.53. The van der Waals surface area contributed by atoms with E-state index in [1.165, 1.54) is 15.7 Å². The number of halogens is 1. The van der Waals surface area contributed by atoms with Crippen molar-refractivity contribution in [3.63, 3.8) is 0 Å². The summed E-state index contributed by atoms with van der Waals surface area (Å²) in [5.41, 5.74) is 0.608. The van der Waals surface area contributed by atoms with Gasteiger partial charge in [0, 0.05) is 15.3 Å². The molecule has 0 spiro atoms. The maximum atomic E-state index is 13.3. The number of hydrogen-bond acceptors (Lipinski definition) is 3. The number of hydrogen-bond donors (Lipinski definition) is 0. The summed E-state index contributed by atoms with van der Waals surface area (Å²) < 4.78 is 28.0. The van der Waals surface area contributed by atoms with Crippen LogP contribution in [0, 0.1) is 0 Å². The van der Waals surface area contributed by atoms with Crippen LogP contribution >= 0.6 is 23.4 Å². The van der Waals surface area contributed by atoms with E-state index in [-0.39, 0.29) is 4.90 Å². The number of benzene rings is 3. The molecule has 0 amide bonds. The van der Waals surface area contributed by atoms with E-state index in [1.807, 2.05) is 36.4 Å². The van der Waals surface area contributed by atoms with Crippen LogP contribution in [0.25, 0.3) is 10.9 Å². The highest BCUT2D eigenvalue weighted by atomic mass is 35.5. The molecular formula is C20H14ClNO2S2. The van der Waals surface area contributed by atoms with Crippen LogP contribution in [-0.2, 0) is 10.0 Å². The van der Waals surface area contributed by atoms with Crippen LogP contribution in [0.2, 0.25) is 5.02 Å². The zero-order valence-electron chi connectivity index (χ0n) is 13.5. The van der Waals surface area contributed by atoms with Crippen LogP contribution < -0.4 is 0 Å². The van der Waals surface area contributed by atoms with Crippen molar-refractivity contribution < 1.29 is 8.42 Å². The Hall–Kier alpha value is -2.21. The molecule has 0 aliphatic rings. The fourth-order valence-corrected chi connectivity index (χ4v) is 5.68. The van der Waals surface area contributed by atoms with Gasteiger partial charge in [0.25, 0.3) is 10.0 Å². The molecule has 0 saturated heterocycles. The highest BCUT2D eigenvalue weighted by molar-refractivity contribution is 8.00. The summed E-state index contributed by atoms with van der Waals surface area (Å²) in [7, 11) is -3.73. The summed E-state index contributed by atoms with van der Waals surface area (Å²) in [5.74, 6) is 0. The van der Waals surface area contributed by atoms with Gasteiger partial charge in [-0.25, -0.2) is 12.4 Å². The van der Waals surface area contributed by atoms with Crippen LogP contribution in [0.3, 0.4) is 0 Å². The SMILES string of the molecule is O=S(=O)(c1ccccc1)n1c(Sc2ccccc2)cc2cc(Cl)ccc21. The first-order valence-corrected chi connectivity index (χ1v) is 10.5. The molecule has 3 aromatic carbocycles. The predicted molar refractivity (Wildman–Crippen MR) is 107 cm³/mol. The van der Waals surface area contributed by atoms with Crippen molar-refractivity contribution in [2.75, 3.05) is 0 Å². The summed E-state index contributed by atoms with van der Waals surface area (Å²) in [6.45, 7) is 0. The van der Waals surface area contributed by atoms with Gasteiger partial charge in [0.05, 0.1) is 15.4 Å². The van der Waals surface area contributed by atoms with Crippen molar-refractivity contribution in [2.45, 2.75) is 14.8 Å². The van der Waals surface area contributed by atoms with Crippen molar-refractivity contribution in [2.24, 2.45) is 0 Å². The molecule has 0 saturated carbocycles. The smallest absolute Gasteiger partial charge is 0.227 e. The molecule has 0 aliphatic carbocycles. The second kappa shape index (κ2) is 6.83. The fourth-order valence-electron chi connectivity index (χ4n) is 2.76. The number of nitrogens with zero attached hydrogens (tertiary/aromatic N) is 1. The molecule has 26 heavy (non-hydrogen) atoms. The van der Waals surface area contributed by atoms with Crippen LogP contribution in [0.5, 0.6) is 0 Å². The number of fused-ring (bicyclic) bond motifs is 1. The first-order valence-electron chi connectivity index (χ1n) is 7.90. The van der Waals surface area contributed by atoms with E-state index < -0.39 is 10.0 Å². The molecule has 0 radical (unpaired) electrons. The van der Waals surface area contributed by atoms with Crippen molar-refractivity contribution >= 4 is 44.3 Å². The van der Waals surface area contributed by atoms with Crippen molar-refractivity contribution in [3.05, 3.63) is 90.0 Å². The maximum absolute atomic E-state index is 13.3. The van der Waals surface area contributed by atoms with Gasteiger partial charge < -0.3 is 0 Å². The van der Waals surface area contributed by atoms with E-state index in [4.69, 9.17) is 11.6 Å². The van der Waals surface area contributed by atoms with Crippen LogP contribution in [0.1, 0.15) is 0 Å². The van der Waals surface area contributed by atoms with E-state index in [1.54, 1.807) is 48.5 Å². The lowest BCUT2D eigenvalue weighted by molar-refractivity contribution is 0.585. The van der Waals surface area contributed by atoms with Gasteiger partial charge in [-0.15, -0.1) is 0 Å². The predicted octanol–water partition coefficient (Wildman–Crippen LogP) is 5.68. The lowest BCUT2D eigenvalue weighted by Crippen LogP contribution is -2.13. The van der Waals surface area contributed by atoms with E-state index >= 15 is 0 Å². The lowest BCUT2D eigenvalue weighted by atomic mass is 10.2. The molecule has 0 fully saturated rings. The number of aromatic nitrogens is 1. The Bertz CT molecular complexity index is 1170. The van der Waals surface area contributed by atoms with E-state index in [9.17, 15) is 8.42 Å². The molecule has 0 atom stereocenters. The molecule has 1 heterocycles. The normalized spacial score (nSPS) is 11.7. The van der Waals surface area contributed by atoms with Gasteiger partial charge in [0.2, 0.25) is 0 Å². The second-order valence-corrected chi connectivity index (χ2v) is 9.00. The van der Waals surface area contributed by atoms with Crippen LogP contribution in [0.4, 0.5) is 0 Å². The molecule has 0 N–H and O–H groups in total. The van der Waals surface area contributed by atoms with Gasteiger partial charge in [-0.1, -0.05) is 59.8 Å². The zero-order valence-corrected chi connectivity index (χ0v) is 15.9. The van der Waals surface area contributed by atoms with Gasteiger partial charge in [-0.2, -0.15) is 0 Å². The van der Waals surface area contributed by atoms with E-state index in [2.05, 4.69) is 0 Å². The van der Waals surface area contributed by atoms with Crippen LogP contribution in [-0.4, -0.2) is 12.4 Å². The molecule has 0 aliphatic heterocycles. The van der Waals surface area contributed by atoms with Gasteiger partial charge in [-0.3, -0.25) is 0 Å². The second-order valence-electron chi connectivity index (χ2n) is 5.68. The summed E-state index contributed by atoms with van der Waals surface area (Å²) in [6, 6.07) is 25.2. The standard InChI is InChI=1S/C20H14ClNO2S2/c21-16-11-12-19-15(13-16)14-20(25-17-7-3-1-4-8-17)22(19)26(23,24)18-9-5-2-6-10-18/h1-14H. The molecule has 4 rings (SSSR count). The fraction of sp³-hybridized carbons (Fsp3) is 0. The summed E-state index contributed by atoms with van der Waals surface area (Å²) in [5, 5.41) is 1.98. The topological polar surface area (TPSA) is 39.1 Å². The molecule has 1 aromatic heterocycles. The Labute approximate surface area is 161 Å². The molecule has 0 bridgehead atoms. The minimum absolute atomic E-state index is 0.252. The highest BCUT2D eigenvalue weighted by Crippen LogP contribution is 2.36. The molecular weight excluding hydrogens is 386 g/mol. The number of rotatable bonds is 4. The van der Waals surface area contributed by atoms with Gasteiger partial charge in [0.15, 0.2) is 0 Å². The lowest BCUT2D eigenvalue weighted by Gasteiger charge is -2.11. The minimum atomic E-state index is -3.73. The zero-order chi connectivity index (χ0) is 18.1. The van der Waals surface area contributed by atoms with E-state index in [0.717, 1.165) is 10.3 Å². The Balaban J connectivity index is 1.96. The van der Waals surface area contributed by atoms with Crippen LogP contribution in [0.15, 0.2) is 99.7 Å². The molecule has 0 unspecified atom stereocenters. The van der Waals surface area contributed by atoms with Gasteiger partial charge in [0.1, 0.15) is 0 Å². The van der Waals surface area contributed by atoms with Crippen molar-refractivity contribution in [1.82, 2.24) is 3.97 Å². The van der Waals surface area contributed by atoms with Gasteiger partial charge in [-0.05, 0) is 48.5 Å². The third kappa shape index (κ3) is 3.14. The third-order valence-electron chi connectivity index (χ3n) is 3.93. The van der Waals surface area contributed by atoms with Crippen molar-refractivity contribution in [3.8, 4) is 0 Å². The molecule has 3 nitrogen and oxygen atoms in total. The van der Waals surface area contributed by atoms with Crippen molar-refractivity contribution in [1.29, 1.82) is 0 Å². The summed E-state index contributed by atoms with van der Waals surface area (Å²) in [6.07, 6.45) is 0. The van der Waals surface area contributed by atoms with E-state index in [0.29, 0.717) is 15.6 Å². The average molecular weight is 400 g/mol. The third-order valence-corrected chi connectivity index (χ3v) is 7.04. The Morgan fingerprint density at radius 3 is 2.15 bits per heavy atom. The monoisotopic (exact) mass is 399 g/mol. The van der Waals surface area contributed by atoms with Gasteiger partial charge >= 0.3 is 0 Å². The maximum Gasteiger partial charge on any atom is 0.269 e. The quantitative estimate of drug-likeness (QED) is 0.443. The molecule has 130 valence electrons. The highest BCUT2D eigenvalue weighted by Gasteiger charge is 2.23. The summed E-state index contributed by atoms with van der Waals surface area (Å²) >= 11 is 7.51. The molecule has 4 aromatic rings. The molecule has 6 heteroatoms. The summed E-state index contributed by atoms with van der Waals surface area (Å²) in [4.78, 5) is 1.22. The first-order chi connectivity index (χ1) is 12.6. The Morgan fingerprint density at radius 1 is 0.808 bits per heavy atom. The first kappa shape index (κ1) is 17.2. The largest absolute Gasteiger partial charge is 0.269 e. The minimum Gasteiger partial charge on any atom is -0.227 e. The average Bonchev–Trinajstić information content (AvgIpc) is 3.00. The Morgan fingerprint density at radius 2 is 1.46 bits per heavy atom.